The smallest absolute Gasteiger partial charge is 0.124 e. The Morgan fingerprint density at radius 3 is 2.94 bits per heavy atom. The average Bonchev–Trinajstić information content (AvgIpc) is 2.81. The first kappa shape index (κ1) is 12.0. The molecule has 4 nitrogen and oxygen atoms in total. The Bertz CT molecular complexity index is 486. The first-order chi connectivity index (χ1) is 8.20. The molecule has 1 heterocycles. The van der Waals surface area contributed by atoms with Crippen molar-refractivity contribution in [3.8, 4) is 0 Å². The Balaban J connectivity index is 2.19. The second-order valence-electron chi connectivity index (χ2n) is 3.68. The van der Waals surface area contributed by atoms with Crippen LogP contribution in [0.5, 0.6) is 0 Å². The van der Waals surface area contributed by atoms with Crippen molar-refractivity contribution in [1.82, 2.24) is 20.7 Å². The Labute approximate surface area is 103 Å². The third-order valence-electron chi connectivity index (χ3n) is 2.58. The normalized spacial score (nSPS) is 12.6. The van der Waals surface area contributed by atoms with Crippen LogP contribution in [-0.2, 0) is 6.42 Å². The Kier molecular flexibility index (Phi) is 3.71. The van der Waals surface area contributed by atoms with Gasteiger partial charge in [-0.3, -0.25) is 0 Å². The zero-order valence-electron chi connectivity index (χ0n) is 9.24. The highest BCUT2D eigenvalue weighted by Crippen LogP contribution is 2.22. The molecule has 17 heavy (non-hydrogen) atoms. The summed E-state index contributed by atoms with van der Waals surface area (Å²) in [7, 11) is 1.83. The molecule has 90 valence electrons. The largest absolute Gasteiger partial charge is 0.311 e. The fourth-order valence-electron chi connectivity index (χ4n) is 1.64. The van der Waals surface area contributed by atoms with E-state index in [0.29, 0.717) is 11.4 Å². The van der Waals surface area contributed by atoms with Crippen molar-refractivity contribution in [2.24, 2.45) is 0 Å². The van der Waals surface area contributed by atoms with Crippen molar-refractivity contribution >= 4 is 11.6 Å². The first-order valence-electron chi connectivity index (χ1n) is 5.17. The van der Waals surface area contributed by atoms with Gasteiger partial charge in [-0.15, -0.1) is 0 Å². The number of nitrogens with one attached hydrogen (secondary N) is 2. The summed E-state index contributed by atoms with van der Waals surface area (Å²) in [6.45, 7) is 0. The summed E-state index contributed by atoms with van der Waals surface area (Å²) in [5.74, 6) is -0.332. The molecule has 6 heteroatoms. The third-order valence-corrected chi connectivity index (χ3v) is 2.93. The van der Waals surface area contributed by atoms with Crippen LogP contribution in [0.2, 0.25) is 5.02 Å². The molecule has 0 saturated carbocycles. The highest BCUT2D eigenvalue weighted by Gasteiger charge is 2.14. The van der Waals surface area contributed by atoms with Gasteiger partial charge in [-0.1, -0.05) is 17.7 Å². The standard InChI is InChI=1S/C11H12ClFN4/c1-14-10(11-6-15-17-16-11)4-7-2-3-8(13)5-9(7)12/h2-3,5-6,10,14H,4H2,1H3,(H,15,16,17). The van der Waals surface area contributed by atoms with Crippen molar-refractivity contribution in [1.29, 1.82) is 0 Å². The molecule has 1 atom stereocenters. The number of nitrogens with zero attached hydrogens (tertiary/aromatic N) is 2. The van der Waals surface area contributed by atoms with Gasteiger partial charge >= 0.3 is 0 Å². The summed E-state index contributed by atoms with van der Waals surface area (Å²) >= 11 is 5.98. The minimum atomic E-state index is -0.332. The Morgan fingerprint density at radius 2 is 2.35 bits per heavy atom. The summed E-state index contributed by atoms with van der Waals surface area (Å²) in [4.78, 5) is 0. The molecule has 0 radical (unpaired) electrons. The lowest BCUT2D eigenvalue weighted by Gasteiger charge is -2.14. The molecule has 0 bridgehead atoms. The van der Waals surface area contributed by atoms with Crippen LogP contribution in [0.25, 0.3) is 0 Å². The van der Waals surface area contributed by atoms with E-state index >= 15 is 0 Å². The zero-order valence-corrected chi connectivity index (χ0v) is 10.0. The maximum absolute atomic E-state index is 12.9. The monoisotopic (exact) mass is 254 g/mol. The van der Waals surface area contributed by atoms with Crippen molar-refractivity contribution < 1.29 is 4.39 Å². The van der Waals surface area contributed by atoms with Gasteiger partial charge in [0.05, 0.1) is 17.9 Å². The summed E-state index contributed by atoms with van der Waals surface area (Å²) in [5.41, 5.74) is 1.67. The van der Waals surface area contributed by atoms with Gasteiger partial charge in [-0.2, -0.15) is 15.4 Å². The molecule has 0 spiro atoms. The zero-order chi connectivity index (χ0) is 12.3. The molecule has 2 aromatic rings. The number of benzene rings is 1. The molecule has 0 amide bonds. The topological polar surface area (TPSA) is 53.6 Å². The van der Waals surface area contributed by atoms with Gasteiger partial charge in [0, 0.05) is 5.02 Å². The van der Waals surface area contributed by atoms with Gasteiger partial charge in [0.2, 0.25) is 0 Å². The van der Waals surface area contributed by atoms with Gasteiger partial charge in [0.25, 0.3) is 0 Å². The number of likely N-dealkylation sites (N-methyl/N-ethyl adjacent to an activating group) is 1. The van der Waals surface area contributed by atoms with Crippen LogP contribution in [0.1, 0.15) is 17.3 Å². The molecule has 1 unspecified atom stereocenters. The first-order valence-corrected chi connectivity index (χ1v) is 5.55. The summed E-state index contributed by atoms with van der Waals surface area (Å²) < 4.78 is 12.9. The number of hydrogen-bond donors (Lipinski definition) is 2. The third kappa shape index (κ3) is 2.81. The van der Waals surface area contributed by atoms with E-state index in [1.165, 1.54) is 12.1 Å². The Hall–Kier alpha value is -1.46. The predicted molar refractivity (Wildman–Crippen MR) is 63.3 cm³/mol. The van der Waals surface area contributed by atoms with Crippen LogP contribution < -0.4 is 5.32 Å². The van der Waals surface area contributed by atoms with E-state index in [4.69, 9.17) is 11.6 Å². The molecule has 0 saturated heterocycles. The molecule has 1 aromatic heterocycles. The molecule has 0 aliphatic rings. The molecule has 1 aromatic carbocycles. The molecular weight excluding hydrogens is 243 g/mol. The van der Waals surface area contributed by atoms with Crippen molar-refractivity contribution in [2.75, 3.05) is 7.05 Å². The summed E-state index contributed by atoms with van der Waals surface area (Å²) in [5, 5.41) is 13.9. The summed E-state index contributed by atoms with van der Waals surface area (Å²) in [6.07, 6.45) is 2.28. The van der Waals surface area contributed by atoms with E-state index in [0.717, 1.165) is 11.3 Å². The molecule has 0 aliphatic heterocycles. The van der Waals surface area contributed by atoms with Crippen LogP contribution in [-0.4, -0.2) is 22.5 Å². The van der Waals surface area contributed by atoms with Crippen LogP contribution in [0.4, 0.5) is 4.39 Å². The van der Waals surface area contributed by atoms with Crippen molar-refractivity contribution in [3.05, 3.63) is 46.5 Å². The molecular formula is C11H12ClFN4. The fourth-order valence-corrected chi connectivity index (χ4v) is 1.88. The molecule has 0 aliphatic carbocycles. The van der Waals surface area contributed by atoms with Gasteiger partial charge in [0.1, 0.15) is 5.82 Å². The highest BCUT2D eigenvalue weighted by molar-refractivity contribution is 6.31. The lowest BCUT2D eigenvalue weighted by molar-refractivity contribution is 0.572. The number of halogens is 2. The van der Waals surface area contributed by atoms with E-state index in [1.807, 2.05) is 7.05 Å². The molecule has 0 fully saturated rings. The van der Waals surface area contributed by atoms with Gasteiger partial charge in [-0.25, -0.2) is 4.39 Å². The molecule has 2 rings (SSSR count). The van der Waals surface area contributed by atoms with Crippen LogP contribution >= 0.6 is 11.6 Å². The SMILES string of the molecule is CNC(Cc1ccc(F)cc1Cl)c1cn[nH]n1. The summed E-state index contributed by atoms with van der Waals surface area (Å²) in [6, 6.07) is 4.39. The predicted octanol–water partition coefficient (Wildman–Crippen LogP) is 2.10. The number of H-pyrrole nitrogens is 1. The van der Waals surface area contributed by atoms with E-state index in [1.54, 1.807) is 12.3 Å². The van der Waals surface area contributed by atoms with E-state index in [2.05, 4.69) is 20.7 Å². The maximum atomic E-state index is 12.9. The minimum absolute atomic E-state index is 0.00305. The molecule has 2 N–H and O–H groups in total. The Morgan fingerprint density at radius 1 is 1.53 bits per heavy atom. The van der Waals surface area contributed by atoms with E-state index < -0.39 is 0 Å². The number of hydrogen-bond acceptors (Lipinski definition) is 3. The second kappa shape index (κ2) is 5.25. The van der Waals surface area contributed by atoms with Crippen molar-refractivity contribution in [2.45, 2.75) is 12.5 Å². The van der Waals surface area contributed by atoms with Crippen LogP contribution in [0, 0.1) is 5.82 Å². The van der Waals surface area contributed by atoms with E-state index in [9.17, 15) is 4.39 Å². The van der Waals surface area contributed by atoms with Crippen molar-refractivity contribution in [3.63, 3.8) is 0 Å². The van der Waals surface area contributed by atoms with Crippen LogP contribution in [0.15, 0.2) is 24.4 Å². The van der Waals surface area contributed by atoms with Gasteiger partial charge in [0.15, 0.2) is 0 Å². The number of rotatable bonds is 4. The number of aromatic amines is 1. The second-order valence-corrected chi connectivity index (χ2v) is 4.08. The van der Waals surface area contributed by atoms with E-state index in [-0.39, 0.29) is 11.9 Å². The lowest BCUT2D eigenvalue weighted by Crippen LogP contribution is -2.19. The average molecular weight is 255 g/mol. The fraction of sp³-hybridized carbons (Fsp3) is 0.273. The van der Waals surface area contributed by atoms with Gasteiger partial charge < -0.3 is 5.32 Å². The quantitative estimate of drug-likeness (QED) is 0.879. The van der Waals surface area contributed by atoms with Gasteiger partial charge in [-0.05, 0) is 31.2 Å². The number of aromatic nitrogens is 3. The highest BCUT2D eigenvalue weighted by atomic mass is 35.5. The maximum Gasteiger partial charge on any atom is 0.124 e. The minimum Gasteiger partial charge on any atom is -0.311 e. The van der Waals surface area contributed by atoms with Crippen LogP contribution in [0.3, 0.4) is 0 Å². The lowest BCUT2D eigenvalue weighted by atomic mass is 10.0.